The van der Waals surface area contributed by atoms with Gasteiger partial charge in [-0.3, -0.25) is 0 Å². The van der Waals surface area contributed by atoms with E-state index in [4.69, 9.17) is 9.47 Å². The zero-order valence-electron chi connectivity index (χ0n) is 9.49. The van der Waals surface area contributed by atoms with Gasteiger partial charge in [-0.15, -0.1) is 11.3 Å². The molecule has 16 heavy (non-hydrogen) atoms. The van der Waals surface area contributed by atoms with Crippen LogP contribution in [0.2, 0.25) is 0 Å². The van der Waals surface area contributed by atoms with Gasteiger partial charge in [-0.05, 0) is 42.9 Å². The highest BCUT2D eigenvalue weighted by atomic mass is 32.1. The number of methoxy groups -OCH3 is 1. The van der Waals surface area contributed by atoms with Crippen molar-refractivity contribution in [2.75, 3.05) is 20.2 Å². The average Bonchev–Trinajstić information content (AvgIpc) is 2.79. The number of nitrogens with one attached hydrogen (secondary N) is 1. The largest absolute Gasteiger partial charge is 0.355 e. The predicted molar refractivity (Wildman–Crippen MR) is 63.7 cm³/mol. The summed E-state index contributed by atoms with van der Waals surface area (Å²) in [4.78, 5) is 1.44. The first-order valence-corrected chi connectivity index (χ1v) is 6.70. The molecule has 1 saturated heterocycles. The third-order valence-electron chi connectivity index (χ3n) is 3.62. The summed E-state index contributed by atoms with van der Waals surface area (Å²) < 4.78 is 11.6. The summed E-state index contributed by atoms with van der Waals surface area (Å²) in [6, 6.07) is 2.23. The molecule has 0 radical (unpaired) electrons. The smallest absolute Gasteiger partial charge is 0.163 e. The Morgan fingerprint density at radius 1 is 1.50 bits per heavy atom. The van der Waals surface area contributed by atoms with E-state index in [-0.39, 0.29) is 11.9 Å². The van der Waals surface area contributed by atoms with E-state index in [9.17, 15) is 0 Å². The van der Waals surface area contributed by atoms with Gasteiger partial charge in [0.2, 0.25) is 0 Å². The van der Waals surface area contributed by atoms with E-state index in [0.29, 0.717) is 0 Å². The molecule has 1 aromatic rings. The third kappa shape index (κ3) is 1.61. The van der Waals surface area contributed by atoms with Crippen LogP contribution in [0.1, 0.15) is 23.3 Å². The van der Waals surface area contributed by atoms with Crippen molar-refractivity contribution in [2.45, 2.75) is 31.2 Å². The van der Waals surface area contributed by atoms with Crippen LogP contribution in [-0.2, 0) is 21.5 Å². The molecule has 4 heteroatoms. The van der Waals surface area contributed by atoms with E-state index in [1.807, 2.05) is 11.3 Å². The summed E-state index contributed by atoms with van der Waals surface area (Å²) in [6.07, 6.45) is 2.94. The zero-order valence-corrected chi connectivity index (χ0v) is 10.3. The molecule has 88 valence electrons. The van der Waals surface area contributed by atoms with Crippen LogP contribution in [-0.4, -0.2) is 26.5 Å². The molecule has 0 bridgehead atoms. The van der Waals surface area contributed by atoms with Crippen molar-refractivity contribution in [3.63, 3.8) is 0 Å². The first-order chi connectivity index (χ1) is 7.84. The van der Waals surface area contributed by atoms with Crippen molar-refractivity contribution in [1.82, 2.24) is 5.32 Å². The predicted octanol–water partition coefficient (Wildman–Crippen LogP) is 1.87. The maximum absolute atomic E-state index is 6.19. The molecule has 3 rings (SSSR count). The van der Waals surface area contributed by atoms with Crippen molar-refractivity contribution >= 4 is 11.3 Å². The van der Waals surface area contributed by atoms with Gasteiger partial charge in [0, 0.05) is 18.4 Å². The fourth-order valence-electron chi connectivity index (χ4n) is 2.76. The summed E-state index contributed by atoms with van der Waals surface area (Å²) in [5.41, 5.74) is 1.33. The maximum atomic E-state index is 6.19. The molecule has 1 spiro atoms. The van der Waals surface area contributed by atoms with E-state index in [0.717, 1.165) is 32.4 Å². The summed E-state index contributed by atoms with van der Waals surface area (Å²) >= 11 is 1.83. The Morgan fingerprint density at radius 3 is 3.06 bits per heavy atom. The van der Waals surface area contributed by atoms with Gasteiger partial charge in [0.1, 0.15) is 0 Å². The molecule has 2 aliphatic heterocycles. The van der Waals surface area contributed by atoms with Gasteiger partial charge in [-0.1, -0.05) is 0 Å². The van der Waals surface area contributed by atoms with Gasteiger partial charge in [0.05, 0.1) is 5.60 Å². The Bertz CT molecular complexity index is 371. The fraction of sp³-hybridized carbons (Fsp3) is 0.667. The van der Waals surface area contributed by atoms with Crippen molar-refractivity contribution < 1.29 is 9.47 Å². The summed E-state index contributed by atoms with van der Waals surface area (Å²) in [7, 11) is 1.73. The maximum Gasteiger partial charge on any atom is 0.163 e. The Balaban J connectivity index is 1.98. The Labute approximate surface area is 99.8 Å². The second-order valence-electron chi connectivity index (χ2n) is 4.49. The van der Waals surface area contributed by atoms with Gasteiger partial charge in [0.15, 0.2) is 6.29 Å². The topological polar surface area (TPSA) is 30.5 Å². The molecule has 3 heterocycles. The number of hydrogen-bond acceptors (Lipinski definition) is 4. The van der Waals surface area contributed by atoms with Gasteiger partial charge < -0.3 is 14.8 Å². The lowest BCUT2D eigenvalue weighted by Crippen LogP contribution is -2.47. The van der Waals surface area contributed by atoms with Crippen LogP contribution in [0.25, 0.3) is 0 Å². The minimum Gasteiger partial charge on any atom is -0.355 e. The minimum absolute atomic E-state index is 0.0655. The first-order valence-electron chi connectivity index (χ1n) is 5.82. The highest BCUT2D eigenvalue weighted by molar-refractivity contribution is 7.10. The number of rotatable bonds is 1. The molecular formula is C12H17NO2S. The second kappa shape index (κ2) is 4.11. The fourth-order valence-corrected chi connectivity index (χ4v) is 3.74. The van der Waals surface area contributed by atoms with Crippen molar-refractivity contribution in [2.24, 2.45) is 0 Å². The Kier molecular flexibility index (Phi) is 2.75. The lowest BCUT2D eigenvalue weighted by atomic mass is 9.83. The van der Waals surface area contributed by atoms with E-state index in [2.05, 4.69) is 16.8 Å². The Hall–Kier alpha value is -0.420. The zero-order chi connectivity index (χ0) is 11.0. The molecule has 0 aliphatic carbocycles. The van der Waals surface area contributed by atoms with Crippen molar-refractivity contribution in [3.05, 3.63) is 21.9 Å². The van der Waals surface area contributed by atoms with Gasteiger partial charge in [-0.2, -0.15) is 0 Å². The number of hydrogen-bond donors (Lipinski definition) is 1. The lowest BCUT2D eigenvalue weighted by Gasteiger charge is -2.43. The standard InChI is InChI=1S/C12H17NO2S/c1-14-11-8-10-9(2-7-16-10)12(15-11)3-5-13-6-4-12/h2,7,11,13H,3-6,8H2,1H3. The molecule has 2 aliphatic rings. The molecule has 1 fully saturated rings. The summed E-state index contributed by atoms with van der Waals surface area (Å²) in [5, 5.41) is 5.57. The highest BCUT2D eigenvalue weighted by Crippen LogP contribution is 2.44. The van der Waals surface area contributed by atoms with Gasteiger partial charge in [-0.25, -0.2) is 0 Å². The van der Waals surface area contributed by atoms with Crippen molar-refractivity contribution in [3.8, 4) is 0 Å². The average molecular weight is 239 g/mol. The molecule has 1 N–H and O–H groups in total. The van der Waals surface area contributed by atoms with E-state index in [1.165, 1.54) is 10.4 Å². The van der Waals surface area contributed by atoms with Crippen LogP contribution < -0.4 is 5.32 Å². The van der Waals surface area contributed by atoms with E-state index < -0.39 is 0 Å². The second-order valence-corrected chi connectivity index (χ2v) is 5.49. The van der Waals surface area contributed by atoms with Crippen LogP contribution in [0, 0.1) is 0 Å². The molecule has 1 unspecified atom stereocenters. The minimum atomic E-state index is -0.0838. The Morgan fingerprint density at radius 2 is 2.31 bits per heavy atom. The number of ether oxygens (including phenoxy) is 2. The van der Waals surface area contributed by atoms with E-state index in [1.54, 1.807) is 7.11 Å². The molecule has 0 aromatic carbocycles. The van der Waals surface area contributed by atoms with Gasteiger partial charge in [0.25, 0.3) is 0 Å². The summed E-state index contributed by atoms with van der Waals surface area (Å²) in [5.74, 6) is 0. The highest BCUT2D eigenvalue weighted by Gasteiger charge is 2.42. The number of thiophene rings is 1. The molecule has 0 amide bonds. The quantitative estimate of drug-likeness (QED) is 0.811. The van der Waals surface area contributed by atoms with Gasteiger partial charge >= 0.3 is 0 Å². The number of piperidine rings is 1. The van der Waals surface area contributed by atoms with Crippen LogP contribution in [0.5, 0.6) is 0 Å². The number of fused-ring (bicyclic) bond motifs is 2. The first kappa shape index (κ1) is 10.7. The third-order valence-corrected chi connectivity index (χ3v) is 4.56. The summed E-state index contributed by atoms with van der Waals surface area (Å²) in [6.45, 7) is 2.07. The van der Waals surface area contributed by atoms with E-state index >= 15 is 0 Å². The van der Waals surface area contributed by atoms with Crippen LogP contribution in [0.3, 0.4) is 0 Å². The normalized spacial score (nSPS) is 27.9. The molecule has 3 nitrogen and oxygen atoms in total. The molecule has 1 atom stereocenters. The monoisotopic (exact) mass is 239 g/mol. The SMILES string of the molecule is COC1Cc2sccc2C2(CCNCC2)O1. The lowest BCUT2D eigenvalue weighted by molar-refractivity contribution is -0.220. The van der Waals surface area contributed by atoms with Crippen LogP contribution in [0.15, 0.2) is 11.4 Å². The molecule has 1 aromatic heterocycles. The van der Waals surface area contributed by atoms with Crippen LogP contribution >= 0.6 is 11.3 Å². The van der Waals surface area contributed by atoms with Crippen LogP contribution in [0.4, 0.5) is 0 Å². The molecular weight excluding hydrogens is 222 g/mol. The van der Waals surface area contributed by atoms with Crippen molar-refractivity contribution in [1.29, 1.82) is 0 Å². The molecule has 0 saturated carbocycles.